The van der Waals surface area contributed by atoms with E-state index in [1.54, 1.807) is 32.3 Å². The summed E-state index contributed by atoms with van der Waals surface area (Å²) < 4.78 is 29.3. The van der Waals surface area contributed by atoms with Gasteiger partial charge in [0.15, 0.2) is 0 Å². The smallest absolute Gasteiger partial charge is 0.240 e. The lowest BCUT2D eigenvalue weighted by Crippen LogP contribution is -2.30. The van der Waals surface area contributed by atoms with Crippen LogP contribution in [0.15, 0.2) is 51.2 Å². The number of sulfonamides is 1. The fourth-order valence-electron chi connectivity index (χ4n) is 2.50. The van der Waals surface area contributed by atoms with E-state index in [9.17, 15) is 8.42 Å². The molecule has 0 atom stereocenters. The SMILES string of the molecule is Cc1ccc(N=CN(C)Sc2cc(S(=O)(=O)NC(C)C)ccc2C)c(C)c1. The highest BCUT2D eigenvalue weighted by molar-refractivity contribution is 7.97. The first-order valence-electron chi connectivity index (χ1n) is 8.73. The summed E-state index contributed by atoms with van der Waals surface area (Å²) in [4.78, 5) is 5.67. The van der Waals surface area contributed by atoms with Crippen LogP contribution in [0.2, 0.25) is 0 Å². The molecule has 0 aromatic heterocycles. The van der Waals surface area contributed by atoms with Gasteiger partial charge in [0.1, 0.15) is 6.34 Å². The van der Waals surface area contributed by atoms with Gasteiger partial charge in [-0.15, -0.1) is 0 Å². The molecular weight excluding hydrogens is 378 g/mol. The van der Waals surface area contributed by atoms with E-state index in [2.05, 4.69) is 22.7 Å². The quantitative estimate of drug-likeness (QED) is 0.415. The normalized spacial score (nSPS) is 12.1. The molecular formula is C20H27N3O2S2. The van der Waals surface area contributed by atoms with E-state index in [4.69, 9.17) is 0 Å². The molecule has 146 valence electrons. The Labute approximate surface area is 167 Å². The van der Waals surface area contributed by atoms with Gasteiger partial charge in [-0.2, -0.15) is 0 Å². The second kappa shape index (κ2) is 8.91. The maximum atomic E-state index is 12.4. The first-order chi connectivity index (χ1) is 12.6. The highest BCUT2D eigenvalue weighted by Crippen LogP contribution is 2.27. The van der Waals surface area contributed by atoms with E-state index in [0.717, 1.165) is 21.7 Å². The molecule has 0 aliphatic carbocycles. The molecule has 0 saturated heterocycles. The van der Waals surface area contributed by atoms with Gasteiger partial charge in [-0.25, -0.2) is 18.1 Å². The molecule has 0 bridgehead atoms. The lowest BCUT2D eigenvalue weighted by molar-refractivity contribution is 0.569. The Bertz CT molecular complexity index is 938. The van der Waals surface area contributed by atoms with Crippen LogP contribution in [0.3, 0.4) is 0 Å². The highest BCUT2D eigenvalue weighted by atomic mass is 32.2. The molecule has 0 radical (unpaired) electrons. The predicted molar refractivity (Wildman–Crippen MR) is 114 cm³/mol. The van der Waals surface area contributed by atoms with Gasteiger partial charge in [-0.1, -0.05) is 23.8 Å². The number of benzene rings is 2. The molecule has 5 nitrogen and oxygen atoms in total. The maximum Gasteiger partial charge on any atom is 0.240 e. The molecule has 0 unspecified atom stereocenters. The van der Waals surface area contributed by atoms with Crippen LogP contribution in [-0.2, 0) is 10.0 Å². The van der Waals surface area contributed by atoms with Gasteiger partial charge in [0.2, 0.25) is 10.0 Å². The van der Waals surface area contributed by atoms with Crippen LogP contribution in [0, 0.1) is 20.8 Å². The Hall–Kier alpha value is -1.83. The summed E-state index contributed by atoms with van der Waals surface area (Å²) in [5, 5.41) is 0. The van der Waals surface area contributed by atoms with Crippen molar-refractivity contribution in [2.24, 2.45) is 4.99 Å². The Morgan fingerprint density at radius 3 is 2.41 bits per heavy atom. The summed E-state index contributed by atoms with van der Waals surface area (Å²) in [6.07, 6.45) is 1.75. The number of aliphatic imine (C=N–C) groups is 1. The van der Waals surface area contributed by atoms with E-state index in [-0.39, 0.29) is 10.9 Å². The van der Waals surface area contributed by atoms with Crippen molar-refractivity contribution in [2.45, 2.75) is 50.5 Å². The number of nitrogens with one attached hydrogen (secondary N) is 1. The maximum absolute atomic E-state index is 12.4. The molecule has 1 N–H and O–H groups in total. The number of aryl methyl sites for hydroxylation is 3. The molecule has 2 rings (SSSR count). The van der Waals surface area contributed by atoms with Gasteiger partial charge in [0.25, 0.3) is 0 Å². The Kier molecular flexibility index (Phi) is 7.08. The molecule has 7 heteroatoms. The Morgan fingerprint density at radius 1 is 1.07 bits per heavy atom. The largest absolute Gasteiger partial charge is 0.306 e. The molecule has 0 aliphatic rings. The topological polar surface area (TPSA) is 61.8 Å². The van der Waals surface area contributed by atoms with Gasteiger partial charge in [0.05, 0.1) is 10.6 Å². The standard InChI is InChI=1S/C20H27N3O2S2/c1-14(2)22-27(24,25)18-9-8-16(4)20(12-18)26-23(6)13-21-19-10-7-15(3)11-17(19)5/h7-14,22H,1-6H3. The van der Waals surface area contributed by atoms with Crippen molar-refractivity contribution in [2.75, 3.05) is 7.05 Å². The zero-order valence-electron chi connectivity index (χ0n) is 16.6. The van der Waals surface area contributed by atoms with Crippen molar-refractivity contribution in [1.82, 2.24) is 9.03 Å². The molecule has 0 aliphatic heterocycles. The summed E-state index contributed by atoms with van der Waals surface area (Å²) in [6, 6.07) is 11.1. The van der Waals surface area contributed by atoms with E-state index < -0.39 is 10.0 Å². The van der Waals surface area contributed by atoms with Gasteiger partial charge in [0, 0.05) is 18.0 Å². The fourth-order valence-corrected chi connectivity index (χ4v) is 4.64. The summed E-state index contributed by atoms with van der Waals surface area (Å²) in [6.45, 7) is 9.66. The predicted octanol–water partition coefficient (Wildman–Crippen LogP) is 4.60. The molecule has 0 amide bonds. The lowest BCUT2D eigenvalue weighted by Gasteiger charge is -2.16. The van der Waals surface area contributed by atoms with Crippen LogP contribution in [0.25, 0.3) is 0 Å². The third-order valence-electron chi connectivity index (χ3n) is 3.81. The van der Waals surface area contributed by atoms with Gasteiger partial charge >= 0.3 is 0 Å². The van der Waals surface area contributed by atoms with Gasteiger partial charge in [-0.05, 0) is 75.9 Å². The minimum absolute atomic E-state index is 0.153. The van der Waals surface area contributed by atoms with Crippen molar-refractivity contribution in [3.8, 4) is 0 Å². The van der Waals surface area contributed by atoms with E-state index in [1.165, 1.54) is 17.5 Å². The average molecular weight is 406 g/mol. The Balaban J connectivity index is 2.18. The summed E-state index contributed by atoms with van der Waals surface area (Å²) >= 11 is 1.44. The number of nitrogens with zero attached hydrogens (tertiary/aromatic N) is 2. The summed E-state index contributed by atoms with van der Waals surface area (Å²) in [5.74, 6) is 0. The van der Waals surface area contributed by atoms with Crippen molar-refractivity contribution in [1.29, 1.82) is 0 Å². The minimum Gasteiger partial charge on any atom is -0.306 e. The van der Waals surface area contributed by atoms with Crippen molar-refractivity contribution in [3.63, 3.8) is 0 Å². The third kappa shape index (κ3) is 6.09. The first kappa shape index (κ1) is 21.5. The third-order valence-corrected chi connectivity index (χ3v) is 6.49. The van der Waals surface area contributed by atoms with Crippen molar-refractivity contribution in [3.05, 3.63) is 53.1 Å². The first-order valence-corrected chi connectivity index (χ1v) is 11.0. The number of hydrogen-bond acceptors (Lipinski definition) is 4. The monoisotopic (exact) mass is 405 g/mol. The molecule has 0 saturated carbocycles. The van der Waals surface area contributed by atoms with Crippen LogP contribution in [0.1, 0.15) is 30.5 Å². The average Bonchev–Trinajstić information content (AvgIpc) is 2.54. The van der Waals surface area contributed by atoms with Crippen LogP contribution >= 0.6 is 11.9 Å². The van der Waals surface area contributed by atoms with E-state index >= 15 is 0 Å². The molecule has 2 aromatic carbocycles. The van der Waals surface area contributed by atoms with Gasteiger partial charge < -0.3 is 4.31 Å². The molecule has 0 fully saturated rings. The fraction of sp³-hybridized carbons (Fsp3) is 0.350. The second-order valence-electron chi connectivity index (χ2n) is 6.88. The zero-order valence-corrected chi connectivity index (χ0v) is 18.3. The molecule has 0 heterocycles. The minimum atomic E-state index is -3.52. The summed E-state index contributed by atoms with van der Waals surface area (Å²) in [5.41, 5.74) is 4.25. The van der Waals surface area contributed by atoms with Crippen LogP contribution in [0.5, 0.6) is 0 Å². The van der Waals surface area contributed by atoms with Crippen molar-refractivity contribution >= 4 is 34.0 Å². The van der Waals surface area contributed by atoms with E-state index in [0.29, 0.717) is 0 Å². The number of hydrogen-bond donors (Lipinski definition) is 1. The van der Waals surface area contributed by atoms with Crippen LogP contribution in [0.4, 0.5) is 5.69 Å². The second-order valence-corrected chi connectivity index (χ2v) is 9.79. The molecule has 2 aromatic rings. The van der Waals surface area contributed by atoms with Crippen LogP contribution < -0.4 is 4.72 Å². The summed E-state index contributed by atoms with van der Waals surface area (Å²) in [7, 11) is -1.62. The van der Waals surface area contributed by atoms with Gasteiger partial charge in [-0.3, -0.25) is 0 Å². The molecule has 27 heavy (non-hydrogen) atoms. The zero-order chi connectivity index (χ0) is 20.2. The molecule has 0 spiro atoms. The Morgan fingerprint density at radius 2 is 1.78 bits per heavy atom. The van der Waals surface area contributed by atoms with E-state index in [1.807, 2.05) is 43.4 Å². The lowest BCUT2D eigenvalue weighted by atomic mass is 10.1. The van der Waals surface area contributed by atoms with Crippen molar-refractivity contribution < 1.29 is 8.42 Å². The highest BCUT2D eigenvalue weighted by Gasteiger charge is 2.17. The number of rotatable bonds is 7. The van der Waals surface area contributed by atoms with Crippen LogP contribution in [-0.4, -0.2) is 32.2 Å².